The van der Waals surface area contributed by atoms with Crippen LogP contribution in [0.15, 0.2) is 71.9 Å². The van der Waals surface area contributed by atoms with Crippen molar-refractivity contribution in [2.75, 3.05) is 7.11 Å². The Bertz CT molecular complexity index is 2280. The fourth-order valence-electron chi connectivity index (χ4n) is 5.67. The van der Waals surface area contributed by atoms with E-state index in [2.05, 4.69) is 20.3 Å². The minimum absolute atomic E-state index is 0.0414. The van der Waals surface area contributed by atoms with Gasteiger partial charge in [0.25, 0.3) is 5.56 Å². The minimum Gasteiger partial charge on any atom is -0.497 e. The Labute approximate surface area is 264 Å². The molecule has 14 heteroatoms. The lowest BCUT2D eigenvalue weighted by molar-refractivity contribution is -0.136. The van der Waals surface area contributed by atoms with Gasteiger partial charge in [0, 0.05) is 30.4 Å². The summed E-state index contributed by atoms with van der Waals surface area (Å²) in [5.74, 6) is 0.401. The molecule has 0 saturated heterocycles. The number of ether oxygens (including phenoxy) is 1. The molecule has 10 nitrogen and oxygen atoms in total. The van der Waals surface area contributed by atoms with E-state index in [1.807, 2.05) is 0 Å². The Morgan fingerprint density at radius 2 is 1.83 bits per heavy atom. The zero-order chi connectivity index (χ0) is 33.0. The van der Waals surface area contributed by atoms with Crippen molar-refractivity contribution < 1.29 is 22.3 Å². The van der Waals surface area contributed by atoms with Crippen LogP contribution >= 0.6 is 0 Å². The van der Waals surface area contributed by atoms with Crippen molar-refractivity contribution in [3.63, 3.8) is 0 Å². The summed E-state index contributed by atoms with van der Waals surface area (Å²) in [5.41, 5.74) is -0.337. The number of aromatic nitrogens is 7. The maximum atomic E-state index is 14.7. The smallest absolute Gasteiger partial charge is 0.418 e. The van der Waals surface area contributed by atoms with Crippen molar-refractivity contribution in [2.24, 2.45) is 7.05 Å². The minimum atomic E-state index is -4.94. The molecule has 47 heavy (non-hydrogen) atoms. The summed E-state index contributed by atoms with van der Waals surface area (Å²) < 4.78 is 67.3. The lowest BCUT2D eigenvalue weighted by Crippen LogP contribution is -2.25. The molecule has 0 bridgehead atoms. The molecule has 1 saturated carbocycles. The van der Waals surface area contributed by atoms with Gasteiger partial charge < -0.3 is 9.30 Å². The summed E-state index contributed by atoms with van der Waals surface area (Å²) in [6, 6.07) is 15.9. The number of methoxy groups -OCH3 is 1. The molecule has 0 aliphatic heterocycles. The van der Waals surface area contributed by atoms with E-state index in [9.17, 15) is 27.6 Å². The predicted octanol–water partition coefficient (Wildman–Crippen LogP) is 6.01. The maximum Gasteiger partial charge on any atom is 0.418 e. The highest BCUT2D eigenvalue weighted by Gasteiger charge is 2.37. The SMILES string of the molecule is COc1ccc(Cn2nc(C#N)c3c(C(F)(F)F)cn(-c4cc(-c5ccc(F)cc5-c5nncn5C)cc(C5CC5)n4)c(=O)c32)cc1. The van der Waals surface area contributed by atoms with Gasteiger partial charge in [-0.25, -0.2) is 9.37 Å². The van der Waals surface area contributed by atoms with Crippen LogP contribution in [0.3, 0.4) is 0 Å². The molecule has 7 rings (SSSR count). The Balaban J connectivity index is 1.48. The van der Waals surface area contributed by atoms with Crippen LogP contribution in [0.2, 0.25) is 0 Å². The van der Waals surface area contributed by atoms with E-state index in [4.69, 9.17) is 4.74 Å². The van der Waals surface area contributed by atoms with Gasteiger partial charge in [0.2, 0.25) is 0 Å². The zero-order valence-corrected chi connectivity index (χ0v) is 25.0. The van der Waals surface area contributed by atoms with E-state index in [-0.39, 0.29) is 18.3 Å². The quantitative estimate of drug-likeness (QED) is 0.196. The summed E-state index contributed by atoms with van der Waals surface area (Å²) in [4.78, 5) is 18.9. The first-order valence-electron chi connectivity index (χ1n) is 14.5. The van der Waals surface area contributed by atoms with Crippen LogP contribution in [-0.2, 0) is 19.8 Å². The number of hydrogen-bond acceptors (Lipinski definition) is 7. The van der Waals surface area contributed by atoms with Gasteiger partial charge in [-0.2, -0.15) is 23.5 Å². The fraction of sp³-hybridized carbons (Fsp3) is 0.212. The Morgan fingerprint density at radius 1 is 1.06 bits per heavy atom. The van der Waals surface area contributed by atoms with Gasteiger partial charge in [0.15, 0.2) is 11.5 Å². The molecular formula is C33H24F4N8O2. The average molecular weight is 641 g/mol. The topological polar surface area (TPSA) is 116 Å². The molecule has 1 aliphatic carbocycles. The van der Waals surface area contributed by atoms with Gasteiger partial charge in [0.05, 0.1) is 24.6 Å². The molecule has 0 unspecified atom stereocenters. The van der Waals surface area contributed by atoms with Crippen LogP contribution in [0.5, 0.6) is 5.75 Å². The van der Waals surface area contributed by atoms with Crippen molar-refractivity contribution in [1.82, 2.24) is 34.1 Å². The first kappa shape index (κ1) is 29.8. The van der Waals surface area contributed by atoms with Crippen LogP contribution < -0.4 is 10.3 Å². The molecule has 1 fully saturated rings. The number of fused-ring (bicyclic) bond motifs is 1. The molecule has 4 heterocycles. The van der Waals surface area contributed by atoms with Gasteiger partial charge in [-0.3, -0.25) is 14.0 Å². The highest BCUT2D eigenvalue weighted by atomic mass is 19.4. The van der Waals surface area contributed by atoms with E-state index in [1.54, 1.807) is 54.1 Å². The number of alkyl halides is 3. The third-order valence-electron chi connectivity index (χ3n) is 8.12. The first-order valence-corrected chi connectivity index (χ1v) is 14.5. The standard InChI is InChI=1S/C33H24F4N8O2/c1-43-17-39-41-31(43)24-13-21(34)7-10-23(24)20-11-26(19-5-6-19)40-28(12-20)44-16-25(33(35,36)37)29-27(14-38)42-45(30(29)32(44)46)15-18-3-8-22(47-2)9-4-18/h3-4,7-13,16-17,19H,5-6,15H2,1-2H3. The van der Waals surface area contributed by atoms with Crippen LogP contribution in [0.25, 0.3) is 39.2 Å². The molecule has 4 aromatic heterocycles. The van der Waals surface area contributed by atoms with E-state index < -0.39 is 39.7 Å². The number of hydrogen-bond donors (Lipinski definition) is 0. The molecule has 0 radical (unpaired) electrons. The summed E-state index contributed by atoms with van der Waals surface area (Å²) in [5, 5.41) is 21.4. The van der Waals surface area contributed by atoms with Crippen LogP contribution in [0, 0.1) is 17.1 Å². The number of aryl methyl sites for hydroxylation is 1. The van der Waals surface area contributed by atoms with Crippen molar-refractivity contribution in [3.05, 3.63) is 106 Å². The molecule has 236 valence electrons. The van der Waals surface area contributed by atoms with Gasteiger partial charge >= 0.3 is 6.18 Å². The average Bonchev–Trinajstić information content (AvgIpc) is 3.72. The highest BCUT2D eigenvalue weighted by molar-refractivity contribution is 5.88. The summed E-state index contributed by atoms with van der Waals surface area (Å²) >= 11 is 0. The highest BCUT2D eigenvalue weighted by Crippen LogP contribution is 2.42. The van der Waals surface area contributed by atoms with Crippen molar-refractivity contribution in [1.29, 1.82) is 5.26 Å². The van der Waals surface area contributed by atoms with Gasteiger partial charge in [-0.1, -0.05) is 18.2 Å². The second kappa shape index (κ2) is 11.2. The largest absolute Gasteiger partial charge is 0.497 e. The second-order valence-electron chi connectivity index (χ2n) is 11.3. The maximum absolute atomic E-state index is 14.7. The molecule has 2 aromatic carbocycles. The lowest BCUT2D eigenvalue weighted by Gasteiger charge is -2.16. The Morgan fingerprint density at radius 3 is 2.47 bits per heavy atom. The van der Waals surface area contributed by atoms with Crippen molar-refractivity contribution in [3.8, 4) is 40.2 Å². The van der Waals surface area contributed by atoms with Gasteiger partial charge in [-0.05, 0) is 65.9 Å². The van der Waals surface area contributed by atoms with Crippen molar-refractivity contribution >= 4 is 10.9 Å². The number of nitrogens with zero attached hydrogens (tertiary/aromatic N) is 8. The third kappa shape index (κ3) is 5.39. The molecule has 6 aromatic rings. The van der Waals surface area contributed by atoms with E-state index in [1.165, 1.54) is 31.6 Å². The monoisotopic (exact) mass is 640 g/mol. The lowest BCUT2D eigenvalue weighted by atomic mass is 9.98. The predicted molar refractivity (Wildman–Crippen MR) is 162 cm³/mol. The Kier molecular flexibility index (Phi) is 7.11. The molecular weight excluding hydrogens is 616 g/mol. The van der Waals surface area contributed by atoms with Gasteiger partial charge in [-0.15, -0.1) is 10.2 Å². The zero-order valence-electron chi connectivity index (χ0n) is 25.0. The van der Waals surface area contributed by atoms with Crippen LogP contribution in [0.1, 0.15) is 41.3 Å². The summed E-state index contributed by atoms with van der Waals surface area (Å²) in [6.45, 7) is -0.0871. The number of pyridine rings is 2. The third-order valence-corrected chi connectivity index (χ3v) is 8.12. The van der Waals surface area contributed by atoms with Crippen molar-refractivity contribution in [2.45, 2.75) is 31.5 Å². The number of benzene rings is 2. The summed E-state index contributed by atoms with van der Waals surface area (Å²) in [7, 11) is 3.20. The number of halogens is 4. The normalized spacial score (nSPS) is 13.2. The van der Waals surface area contributed by atoms with Crippen LogP contribution in [0.4, 0.5) is 17.6 Å². The molecule has 0 spiro atoms. The van der Waals surface area contributed by atoms with E-state index in [0.29, 0.717) is 45.7 Å². The second-order valence-corrected chi connectivity index (χ2v) is 11.3. The van der Waals surface area contributed by atoms with E-state index in [0.717, 1.165) is 22.1 Å². The molecule has 1 aliphatic rings. The van der Waals surface area contributed by atoms with E-state index >= 15 is 0 Å². The molecule has 0 amide bonds. The number of rotatable bonds is 7. The number of nitriles is 1. The van der Waals surface area contributed by atoms with Crippen LogP contribution in [-0.4, -0.2) is 41.2 Å². The molecule has 0 atom stereocenters. The fourth-order valence-corrected chi connectivity index (χ4v) is 5.67. The molecule has 0 N–H and O–H groups in total. The Hall–Kier alpha value is -5.84. The summed E-state index contributed by atoms with van der Waals surface area (Å²) in [6.07, 6.45) is -1.17. The van der Waals surface area contributed by atoms with Gasteiger partial charge in [0.1, 0.15) is 35.3 Å². The first-order chi connectivity index (χ1) is 22.5.